The molecular weight excluding hydrogens is 186 g/mol. The maximum atomic E-state index is 5.28. The van der Waals surface area contributed by atoms with Crippen molar-refractivity contribution in [3.8, 4) is 0 Å². The van der Waals surface area contributed by atoms with Gasteiger partial charge in [0, 0.05) is 26.2 Å². The van der Waals surface area contributed by atoms with E-state index in [0.29, 0.717) is 0 Å². The highest BCUT2D eigenvalue weighted by Crippen LogP contribution is 2.02. The van der Waals surface area contributed by atoms with Crippen LogP contribution in [0.5, 0.6) is 0 Å². The van der Waals surface area contributed by atoms with Gasteiger partial charge in [-0.3, -0.25) is 4.90 Å². The van der Waals surface area contributed by atoms with Gasteiger partial charge in [-0.2, -0.15) is 0 Å². The van der Waals surface area contributed by atoms with Crippen molar-refractivity contribution >= 4 is 17.3 Å². The highest BCUT2D eigenvalue weighted by atomic mass is 32.1. The van der Waals surface area contributed by atoms with Crippen LogP contribution in [0.2, 0.25) is 0 Å². The lowest BCUT2D eigenvalue weighted by molar-refractivity contribution is 0.0231. The fourth-order valence-corrected chi connectivity index (χ4v) is 1.88. The summed E-state index contributed by atoms with van der Waals surface area (Å²) in [5, 5.41) is 4.05. The van der Waals surface area contributed by atoms with E-state index in [4.69, 9.17) is 17.0 Å². The topological polar surface area (TPSA) is 27.7 Å². The number of hydrogen-bond donors (Lipinski definition) is 1. The Balaban J connectivity index is 1.79. The van der Waals surface area contributed by atoms with Crippen molar-refractivity contribution in [2.45, 2.75) is 0 Å². The first-order valence-corrected chi connectivity index (χ1v) is 5.10. The van der Waals surface area contributed by atoms with Crippen LogP contribution in [0.4, 0.5) is 0 Å². The predicted octanol–water partition coefficient (Wildman–Crippen LogP) is -0.534. The smallest absolute Gasteiger partial charge is 0.170 e. The first-order valence-electron chi connectivity index (χ1n) is 4.69. The highest BCUT2D eigenvalue weighted by molar-refractivity contribution is 7.80. The normalized spacial score (nSPS) is 24.9. The molecule has 0 aromatic carbocycles. The second-order valence-corrected chi connectivity index (χ2v) is 3.75. The van der Waals surface area contributed by atoms with E-state index in [1.54, 1.807) is 0 Å². The molecule has 0 spiro atoms. The van der Waals surface area contributed by atoms with Gasteiger partial charge in [-0.1, -0.05) is 0 Å². The van der Waals surface area contributed by atoms with Crippen LogP contribution in [0.15, 0.2) is 0 Å². The van der Waals surface area contributed by atoms with Crippen LogP contribution in [0.25, 0.3) is 0 Å². The van der Waals surface area contributed by atoms with Crippen molar-refractivity contribution in [2.24, 2.45) is 0 Å². The molecule has 0 bridgehead atoms. The molecule has 1 N–H and O–H groups in total. The van der Waals surface area contributed by atoms with Gasteiger partial charge in [0.05, 0.1) is 19.9 Å². The first kappa shape index (κ1) is 9.18. The molecule has 4 nitrogen and oxygen atoms in total. The minimum atomic E-state index is 0.855. The Labute approximate surface area is 83.8 Å². The summed E-state index contributed by atoms with van der Waals surface area (Å²) >= 11 is 5.17. The summed E-state index contributed by atoms with van der Waals surface area (Å²) in [6, 6.07) is 0. The van der Waals surface area contributed by atoms with Gasteiger partial charge in [0.15, 0.2) is 5.11 Å². The van der Waals surface area contributed by atoms with Crippen LogP contribution in [-0.2, 0) is 4.74 Å². The third-order valence-electron chi connectivity index (χ3n) is 2.42. The van der Waals surface area contributed by atoms with Crippen molar-refractivity contribution in [3.05, 3.63) is 0 Å². The number of rotatable bonds is 2. The summed E-state index contributed by atoms with van der Waals surface area (Å²) in [4.78, 5) is 4.59. The zero-order chi connectivity index (χ0) is 9.10. The molecule has 0 aromatic rings. The third-order valence-corrected chi connectivity index (χ3v) is 2.82. The Hall–Kier alpha value is -0.390. The summed E-state index contributed by atoms with van der Waals surface area (Å²) in [6.45, 7) is 6.74. The molecule has 0 atom stereocenters. The average Bonchev–Trinajstić information content (AvgIpc) is 2.54. The summed E-state index contributed by atoms with van der Waals surface area (Å²) in [6.07, 6.45) is 0. The van der Waals surface area contributed by atoms with Crippen LogP contribution in [0.3, 0.4) is 0 Å². The molecule has 0 radical (unpaired) electrons. The van der Waals surface area contributed by atoms with Crippen LogP contribution in [0.1, 0.15) is 0 Å². The number of ether oxygens (including phenoxy) is 1. The van der Waals surface area contributed by atoms with Crippen molar-refractivity contribution < 1.29 is 4.74 Å². The molecule has 0 aliphatic carbocycles. The molecule has 2 aliphatic rings. The number of thiocarbonyl (C=S) groups is 1. The van der Waals surface area contributed by atoms with Gasteiger partial charge in [0.1, 0.15) is 0 Å². The molecule has 13 heavy (non-hydrogen) atoms. The third kappa shape index (κ3) is 2.30. The van der Waals surface area contributed by atoms with Crippen LogP contribution in [0, 0.1) is 0 Å². The van der Waals surface area contributed by atoms with Crippen molar-refractivity contribution in [1.29, 1.82) is 0 Å². The van der Waals surface area contributed by atoms with E-state index in [2.05, 4.69) is 15.1 Å². The van der Waals surface area contributed by atoms with E-state index in [1.165, 1.54) is 0 Å². The summed E-state index contributed by atoms with van der Waals surface area (Å²) in [5.74, 6) is 0. The SMILES string of the molecule is S=C1NCCN1CN1CCOCC1. The maximum Gasteiger partial charge on any atom is 0.170 e. The van der Waals surface area contributed by atoms with Gasteiger partial charge in [0.2, 0.25) is 0 Å². The van der Waals surface area contributed by atoms with Crippen molar-refractivity contribution in [2.75, 3.05) is 46.1 Å². The Morgan fingerprint density at radius 1 is 1.31 bits per heavy atom. The van der Waals surface area contributed by atoms with Crippen molar-refractivity contribution in [1.82, 2.24) is 15.1 Å². The Kier molecular flexibility index (Phi) is 2.97. The monoisotopic (exact) mass is 201 g/mol. The molecule has 74 valence electrons. The lowest BCUT2D eigenvalue weighted by atomic mass is 10.4. The van der Waals surface area contributed by atoms with Crippen molar-refractivity contribution in [3.63, 3.8) is 0 Å². The van der Waals surface area contributed by atoms with Crippen LogP contribution < -0.4 is 5.32 Å². The fraction of sp³-hybridized carbons (Fsp3) is 0.875. The molecule has 0 saturated carbocycles. The molecule has 2 saturated heterocycles. The Bertz CT molecular complexity index is 194. The number of morpholine rings is 1. The number of nitrogens with one attached hydrogen (secondary N) is 1. The molecule has 2 heterocycles. The highest BCUT2D eigenvalue weighted by Gasteiger charge is 2.19. The van der Waals surface area contributed by atoms with E-state index in [9.17, 15) is 0 Å². The summed E-state index contributed by atoms with van der Waals surface area (Å²) < 4.78 is 5.28. The first-order chi connectivity index (χ1) is 6.36. The largest absolute Gasteiger partial charge is 0.379 e. The molecular formula is C8H15N3OS. The molecule has 0 unspecified atom stereocenters. The second-order valence-electron chi connectivity index (χ2n) is 3.37. The van der Waals surface area contributed by atoms with Gasteiger partial charge >= 0.3 is 0 Å². The lowest BCUT2D eigenvalue weighted by Gasteiger charge is -2.30. The standard InChI is InChI=1S/C8H15N3OS/c13-8-9-1-2-11(8)7-10-3-5-12-6-4-10/h1-7H2,(H,9,13). The van der Waals surface area contributed by atoms with Crippen LogP contribution >= 0.6 is 12.2 Å². The Morgan fingerprint density at radius 2 is 2.08 bits per heavy atom. The van der Waals surface area contributed by atoms with Gasteiger partial charge in [0.25, 0.3) is 0 Å². The average molecular weight is 201 g/mol. The molecule has 0 amide bonds. The summed E-state index contributed by atoms with van der Waals surface area (Å²) in [5.41, 5.74) is 0. The molecule has 2 fully saturated rings. The minimum Gasteiger partial charge on any atom is -0.379 e. The van der Waals surface area contributed by atoms with Gasteiger partial charge in [-0.05, 0) is 12.2 Å². The van der Waals surface area contributed by atoms with E-state index >= 15 is 0 Å². The fourth-order valence-electron chi connectivity index (χ4n) is 1.63. The molecule has 2 aliphatic heterocycles. The van der Waals surface area contributed by atoms with Gasteiger partial charge in [-0.25, -0.2) is 0 Å². The van der Waals surface area contributed by atoms with E-state index in [-0.39, 0.29) is 0 Å². The second kappa shape index (κ2) is 4.21. The van der Waals surface area contributed by atoms with Gasteiger partial charge in [-0.15, -0.1) is 0 Å². The maximum absolute atomic E-state index is 5.28. The van der Waals surface area contributed by atoms with Crippen LogP contribution in [-0.4, -0.2) is 61.0 Å². The molecule has 2 rings (SSSR count). The molecule has 5 heteroatoms. The van der Waals surface area contributed by atoms with E-state index in [1.807, 2.05) is 0 Å². The minimum absolute atomic E-state index is 0.855. The zero-order valence-electron chi connectivity index (χ0n) is 7.66. The number of hydrogen-bond acceptors (Lipinski definition) is 3. The Morgan fingerprint density at radius 3 is 2.69 bits per heavy atom. The van der Waals surface area contributed by atoms with Gasteiger partial charge < -0.3 is 15.0 Å². The van der Waals surface area contributed by atoms with E-state index in [0.717, 1.165) is 51.2 Å². The zero-order valence-corrected chi connectivity index (χ0v) is 8.48. The quantitative estimate of drug-likeness (QED) is 0.606. The van der Waals surface area contributed by atoms with E-state index < -0.39 is 0 Å². The summed E-state index contributed by atoms with van der Waals surface area (Å²) in [7, 11) is 0. The number of nitrogens with zero attached hydrogens (tertiary/aromatic N) is 2. The predicted molar refractivity (Wildman–Crippen MR) is 54.6 cm³/mol. The molecule has 0 aromatic heterocycles. The lowest BCUT2D eigenvalue weighted by Crippen LogP contribution is -2.44.